The molecule has 0 amide bonds. The number of hydrogen-bond donors (Lipinski definition) is 0. The predicted molar refractivity (Wildman–Crippen MR) is 322 cm³/mol. The number of alkyl halides is 3. The molecule has 0 radical (unpaired) electrons. The summed E-state index contributed by atoms with van der Waals surface area (Å²) < 4.78 is 54.2. The Balaban J connectivity index is 0.000000150. The quantitative estimate of drug-likeness (QED) is 0.164. The fourth-order valence-corrected chi connectivity index (χ4v) is 12.6. The first-order valence-corrected chi connectivity index (χ1v) is 30.1. The van der Waals surface area contributed by atoms with Gasteiger partial charge in [0.2, 0.25) is 0 Å². The molecule has 6 heteroatoms. The molecule has 0 unspecified atom stereocenters. The number of fused-ring (bicyclic) bond motifs is 4. The summed E-state index contributed by atoms with van der Waals surface area (Å²) in [6.45, 7) is 39.6. The molecule has 0 aliphatic carbocycles. The van der Waals surface area contributed by atoms with Crippen LogP contribution in [0.25, 0.3) is 0 Å². The van der Waals surface area contributed by atoms with E-state index in [4.69, 9.17) is 9.47 Å². The van der Waals surface area contributed by atoms with Gasteiger partial charge >= 0.3 is 6.18 Å². The van der Waals surface area contributed by atoms with Crippen LogP contribution in [0.4, 0.5) is 13.2 Å². The van der Waals surface area contributed by atoms with E-state index in [-0.39, 0.29) is 11.1 Å². The monoisotopic (exact) mass is 1050 g/mol. The van der Waals surface area contributed by atoms with E-state index < -0.39 is 19.7 Å². The molecule has 0 bridgehead atoms. The first-order valence-electron chi connectivity index (χ1n) is 27.1. The van der Waals surface area contributed by atoms with Crippen molar-refractivity contribution in [1.82, 2.24) is 0 Å². The smallest absolute Gasteiger partial charge is 0.402 e. The summed E-state index contributed by atoms with van der Waals surface area (Å²) in [5, 5.41) is 3.05. The van der Waals surface area contributed by atoms with Crippen molar-refractivity contribution in [1.29, 1.82) is 0 Å². The summed E-state index contributed by atoms with van der Waals surface area (Å²) in [6.07, 6.45) is -2.40. The average molecular weight is 1050 g/mol. The highest BCUT2D eigenvalue weighted by Crippen LogP contribution is 2.56. The van der Waals surface area contributed by atoms with Crippen LogP contribution < -0.4 is 19.8 Å². The molecule has 0 spiro atoms. The molecule has 8 aromatic rings. The Morgan fingerprint density at radius 1 is 0.364 bits per heavy atom. The summed E-state index contributed by atoms with van der Waals surface area (Å²) in [6, 6.07) is 42.9. The fourth-order valence-electron chi connectivity index (χ4n) is 10.1. The van der Waals surface area contributed by atoms with Crippen molar-refractivity contribution in [3.8, 4) is 23.0 Å². The van der Waals surface area contributed by atoms with Crippen LogP contribution in [0.1, 0.15) is 129 Å². The summed E-state index contributed by atoms with van der Waals surface area (Å²) in [5.74, 6) is 2.63. The molecule has 10 rings (SSSR count). The maximum absolute atomic E-state index is 14.1. The van der Waals surface area contributed by atoms with Crippen LogP contribution in [0.5, 0.6) is 23.0 Å². The lowest BCUT2D eigenvalue weighted by Gasteiger charge is -2.39. The van der Waals surface area contributed by atoms with Gasteiger partial charge in [0.25, 0.3) is 0 Å². The van der Waals surface area contributed by atoms with Crippen LogP contribution in [-0.4, -0.2) is 14.3 Å². The van der Waals surface area contributed by atoms with Gasteiger partial charge in [-0.2, -0.15) is 13.2 Å². The number of rotatable bonds is 4. The van der Waals surface area contributed by atoms with Crippen molar-refractivity contribution in [2.24, 2.45) is 0 Å². The highest BCUT2D eigenvalue weighted by atomic mass is 28.3. The Morgan fingerprint density at radius 2 is 0.649 bits per heavy atom. The SMILES string of the molecule is Cc1cc2c(cc1C)C(C)(C(F)(F)F)c1cc(C)c(C)cc1O2.Cc1cc2c(cc1C)Oc1cc(C)c(C)cc1C2.Cc1ccc(Cc2ccc(C)c(C)c2)cc1C.Cc1ccc([Si](C)(C)c2ccc(C)c(C)c2)cc1C. The second kappa shape index (κ2) is 22.8. The zero-order chi connectivity index (χ0) is 56.6. The van der Waals surface area contributed by atoms with E-state index in [1.165, 1.54) is 106 Å². The number of halogens is 3. The largest absolute Gasteiger partial charge is 0.457 e. The van der Waals surface area contributed by atoms with Gasteiger partial charge in [0.15, 0.2) is 0 Å². The Hall–Kier alpha value is -6.63. The molecule has 0 fully saturated rings. The number of hydrogen-bond acceptors (Lipinski definition) is 2. The van der Waals surface area contributed by atoms with E-state index in [1.54, 1.807) is 24.3 Å². The van der Waals surface area contributed by atoms with Crippen molar-refractivity contribution in [2.75, 3.05) is 0 Å². The Bertz CT molecular complexity index is 3250. The average Bonchev–Trinajstić information content (AvgIpc) is 3.35. The lowest BCUT2D eigenvalue weighted by Crippen LogP contribution is -2.53. The molecule has 77 heavy (non-hydrogen) atoms. The summed E-state index contributed by atoms with van der Waals surface area (Å²) >= 11 is 0. The first kappa shape index (κ1) is 58.1. The van der Waals surface area contributed by atoms with Gasteiger partial charge in [0.05, 0.1) is 0 Å². The van der Waals surface area contributed by atoms with Gasteiger partial charge in [-0.25, -0.2) is 0 Å². The highest BCUT2D eigenvalue weighted by molar-refractivity contribution is 7.00. The van der Waals surface area contributed by atoms with Crippen LogP contribution in [0.2, 0.25) is 13.1 Å². The van der Waals surface area contributed by atoms with Crippen molar-refractivity contribution < 1.29 is 22.6 Å². The molecule has 402 valence electrons. The van der Waals surface area contributed by atoms with Crippen LogP contribution >= 0.6 is 0 Å². The molecule has 0 saturated heterocycles. The maximum atomic E-state index is 14.1. The molecule has 0 aromatic heterocycles. The number of aryl methyl sites for hydroxylation is 16. The van der Waals surface area contributed by atoms with E-state index in [2.05, 4.69) is 193 Å². The van der Waals surface area contributed by atoms with E-state index in [1.807, 2.05) is 27.7 Å². The minimum atomic E-state index is -4.41. The van der Waals surface area contributed by atoms with Gasteiger partial charge in [-0.1, -0.05) is 121 Å². The topological polar surface area (TPSA) is 18.5 Å². The number of ether oxygens (including phenoxy) is 2. The third kappa shape index (κ3) is 12.6. The van der Waals surface area contributed by atoms with Crippen LogP contribution in [0, 0.1) is 111 Å². The minimum absolute atomic E-state index is 0.184. The minimum Gasteiger partial charge on any atom is -0.457 e. The van der Waals surface area contributed by atoms with Gasteiger partial charge in [0.1, 0.15) is 36.5 Å². The summed E-state index contributed by atoms with van der Waals surface area (Å²) in [7, 11) is -1.56. The van der Waals surface area contributed by atoms with E-state index in [9.17, 15) is 13.2 Å². The van der Waals surface area contributed by atoms with Gasteiger partial charge in [-0.05, 0) is 260 Å². The lowest BCUT2D eigenvalue weighted by molar-refractivity contribution is -0.174. The second-order valence-corrected chi connectivity index (χ2v) is 27.6. The van der Waals surface area contributed by atoms with Crippen molar-refractivity contribution in [2.45, 2.75) is 155 Å². The molecule has 0 saturated carbocycles. The molecular weight excluding hydrogens is 970 g/mol. The Kier molecular flexibility index (Phi) is 17.2. The maximum Gasteiger partial charge on any atom is 0.402 e. The van der Waals surface area contributed by atoms with Crippen molar-refractivity contribution in [3.63, 3.8) is 0 Å². The van der Waals surface area contributed by atoms with Crippen LogP contribution in [-0.2, 0) is 18.3 Å². The zero-order valence-electron chi connectivity index (χ0n) is 49.4. The van der Waals surface area contributed by atoms with E-state index in [0.29, 0.717) is 11.5 Å². The summed E-state index contributed by atoms with van der Waals surface area (Å²) in [4.78, 5) is 0. The molecule has 0 N–H and O–H groups in total. The lowest BCUT2D eigenvalue weighted by atomic mass is 9.72. The summed E-state index contributed by atoms with van der Waals surface area (Å²) in [5.41, 5.74) is 23.5. The van der Waals surface area contributed by atoms with Crippen LogP contribution in [0.3, 0.4) is 0 Å². The van der Waals surface area contributed by atoms with Gasteiger partial charge in [-0.3, -0.25) is 0 Å². The third-order valence-corrected chi connectivity index (χ3v) is 20.5. The Labute approximate surface area is 460 Å². The zero-order valence-corrected chi connectivity index (χ0v) is 50.4. The predicted octanol–water partition coefficient (Wildman–Crippen LogP) is 18.8. The van der Waals surface area contributed by atoms with E-state index in [0.717, 1.165) is 46.6 Å². The third-order valence-electron chi connectivity index (χ3n) is 17.0. The molecular formula is C71H81F3O2Si. The molecule has 8 aromatic carbocycles. The molecule has 2 heterocycles. The van der Waals surface area contributed by atoms with Crippen molar-refractivity contribution in [3.05, 3.63) is 244 Å². The standard InChI is InChI=1S/C19H19F3O.C18H24Si.C17H18O.C17H20/c1-10-6-14-16(8-12(10)3)23-17-9-13(4)11(2)7-15(17)18(14,5)19(20,21)22;1-13-7-9-17(11-15(13)3)19(5,6)18-10-8-14(2)16(4)12-18;1-10-5-14-9-15-6-11(2)13(4)8-17(15)18-16(14)7-12(10)3;1-12-5-7-16(9-14(12)3)11-17-8-6-13(2)15(4)10-17/h6-9H,1-5H3;7-12H,1-6H3;5-8H,9H2,1-4H3;5-10H,11H2,1-4H3. The fraction of sp³-hybridized carbons (Fsp3) is 0.324. The molecule has 2 nitrogen and oxygen atoms in total. The molecule has 2 aliphatic heterocycles. The normalized spacial score (nSPS) is 12.9. The van der Waals surface area contributed by atoms with Gasteiger partial charge < -0.3 is 9.47 Å². The number of benzene rings is 8. The first-order chi connectivity index (χ1) is 36.0. The second-order valence-electron chi connectivity index (χ2n) is 23.2. The van der Waals surface area contributed by atoms with Crippen LogP contribution in [0.15, 0.2) is 121 Å². The highest BCUT2D eigenvalue weighted by Gasteiger charge is 2.57. The van der Waals surface area contributed by atoms with Crippen molar-refractivity contribution >= 4 is 18.4 Å². The molecule has 2 aliphatic rings. The molecule has 0 atom stereocenters. The Morgan fingerprint density at radius 3 is 0.987 bits per heavy atom. The van der Waals surface area contributed by atoms with Gasteiger partial charge in [0, 0.05) is 17.5 Å². The van der Waals surface area contributed by atoms with Gasteiger partial charge in [-0.15, -0.1) is 0 Å². The van der Waals surface area contributed by atoms with E-state index >= 15 is 0 Å².